The molecule has 1 aliphatic carbocycles. The van der Waals surface area contributed by atoms with Crippen LogP contribution >= 0.6 is 0 Å². The smallest absolute Gasteiger partial charge is 0.234 e. The molecule has 9 heteroatoms. The number of oxime groups is 1. The number of nitrogens with two attached hydrogens (primary N) is 1. The van der Waals surface area contributed by atoms with Crippen LogP contribution in [0.1, 0.15) is 33.1 Å². The van der Waals surface area contributed by atoms with E-state index in [1.165, 1.54) is 0 Å². The largest absolute Gasteiger partial charge is 0.409 e. The van der Waals surface area contributed by atoms with Crippen LogP contribution in [0.15, 0.2) is 5.16 Å². The minimum absolute atomic E-state index is 0.102. The van der Waals surface area contributed by atoms with Crippen LogP contribution in [0, 0.1) is 5.41 Å². The summed E-state index contributed by atoms with van der Waals surface area (Å²) in [6.45, 7) is 3.43. The van der Waals surface area contributed by atoms with E-state index < -0.39 is 21.0 Å². The summed E-state index contributed by atoms with van der Waals surface area (Å²) in [5.41, 5.74) is 3.80. The fourth-order valence-corrected chi connectivity index (χ4v) is 3.31. The third-order valence-corrected chi connectivity index (χ3v) is 4.32. The molecule has 1 rings (SSSR count). The molecule has 0 saturated heterocycles. The Morgan fingerprint density at radius 3 is 2.35 bits per heavy atom. The molecular formula is C11H22N4O4S. The van der Waals surface area contributed by atoms with Gasteiger partial charge in [-0.1, -0.05) is 11.6 Å². The number of hydrogen-bond donors (Lipinski definition) is 4. The monoisotopic (exact) mass is 306 g/mol. The maximum atomic E-state index is 12.2. The van der Waals surface area contributed by atoms with Crippen molar-refractivity contribution in [3.8, 4) is 0 Å². The standard InChI is InChI=1S/C11H22N4O4S/c1-10(2,15-20(3,18)19)7-13-9(16)11(5-4-6-11)8(12)14-17/h15,17H,4-7H2,1-3H3,(H2,12,14)(H,13,16). The van der Waals surface area contributed by atoms with Gasteiger partial charge in [0.1, 0.15) is 5.41 Å². The molecular weight excluding hydrogens is 284 g/mol. The molecule has 0 bridgehead atoms. The van der Waals surface area contributed by atoms with Crippen molar-refractivity contribution < 1.29 is 18.4 Å². The summed E-state index contributed by atoms with van der Waals surface area (Å²) in [6.07, 6.45) is 2.93. The highest BCUT2D eigenvalue weighted by atomic mass is 32.2. The van der Waals surface area contributed by atoms with E-state index in [2.05, 4.69) is 15.2 Å². The third-order valence-electron chi connectivity index (χ3n) is 3.39. The van der Waals surface area contributed by atoms with E-state index in [1.54, 1.807) is 13.8 Å². The van der Waals surface area contributed by atoms with Gasteiger partial charge in [-0.3, -0.25) is 4.79 Å². The molecule has 0 aliphatic heterocycles. The van der Waals surface area contributed by atoms with Crippen LogP contribution in [0.25, 0.3) is 0 Å². The molecule has 8 nitrogen and oxygen atoms in total. The Morgan fingerprint density at radius 2 is 2.00 bits per heavy atom. The van der Waals surface area contributed by atoms with Crippen LogP contribution < -0.4 is 15.8 Å². The number of nitrogens with zero attached hydrogens (tertiary/aromatic N) is 1. The van der Waals surface area contributed by atoms with E-state index in [-0.39, 0.29) is 18.3 Å². The van der Waals surface area contributed by atoms with E-state index in [0.717, 1.165) is 12.7 Å². The van der Waals surface area contributed by atoms with Crippen LogP contribution in [0.4, 0.5) is 0 Å². The summed E-state index contributed by atoms with van der Waals surface area (Å²) in [7, 11) is -3.37. The number of carbonyl (C=O) groups is 1. The summed E-state index contributed by atoms with van der Waals surface area (Å²) >= 11 is 0. The molecule has 0 atom stereocenters. The summed E-state index contributed by atoms with van der Waals surface area (Å²) in [5, 5.41) is 14.4. The highest BCUT2D eigenvalue weighted by Crippen LogP contribution is 2.41. The topological polar surface area (TPSA) is 134 Å². The van der Waals surface area contributed by atoms with Crippen LogP contribution in [0.3, 0.4) is 0 Å². The quantitative estimate of drug-likeness (QED) is 0.224. The summed E-state index contributed by atoms with van der Waals surface area (Å²) in [6, 6.07) is 0. The molecule has 0 aromatic rings. The van der Waals surface area contributed by atoms with Gasteiger partial charge in [0, 0.05) is 12.1 Å². The number of amides is 1. The zero-order valence-electron chi connectivity index (χ0n) is 11.9. The van der Waals surface area contributed by atoms with Crippen molar-refractivity contribution in [1.82, 2.24) is 10.0 Å². The van der Waals surface area contributed by atoms with Gasteiger partial charge in [0.2, 0.25) is 15.9 Å². The first-order valence-electron chi connectivity index (χ1n) is 6.28. The van der Waals surface area contributed by atoms with E-state index in [0.29, 0.717) is 12.8 Å². The van der Waals surface area contributed by atoms with Crippen LogP contribution in [-0.4, -0.2) is 43.7 Å². The highest BCUT2D eigenvalue weighted by molar-refractivity contribution is 7.88. The zero-order valence-corrected chi connectivity index (χ0v) is 12.7. The van der Waals surface area contributed by atoms with Crippen molar-refractivity contribution in [2.75, 3.05) is 12.8 Å². The molecule has 0 aromatic carbocycles. The second-order valence-corrected chi connectivity index (χ2v) is 7.61. The van der Waals surface area contributed by atoms with Gasteiger partial charge in [-0.05, 0) is 26.7 Å². The summed E-state index contributed by atoms with van der Waals surface area (Å²) < 4.78 is 24.9. The molecule has 0 heterocycles. The second-order valence-electron chi connectivity index (χ2n) is 5.86. The molecule has 1 saturated carbocycles. The maximum absolute atomic E-state index is 12.2. The average molecular weight is 306 g/mol. The first-order chi connectivity index (χ1) is 9.02. The van der Waals surface area contributed by atoms with Gasteiger partial charge in [-0.2, -0.15) is 0 Å². The number of sulfonamides is 1. The predicted octanol–water partition coefficient (Wildman–Crippen LogP) is -0.653. The molecule has 1 aliphatic rings. The van der Waals surface area contributed by atoms with Crippen LogP contribution in [-0.2, 0) is 14.8 Å². The van der Waals surface area contributed by atoms with Crippen LogP contribution in [0.5, 0.6) is 0 Å². The van der Waals surface area contributed by atoms with Crippen molar-refractivity contribution in [2.45, 2.75) is 38.6 Å². The Labute approximate surface area is 118 Å². The SMILES string of the molecule is CC(C)(CNC(=O)C1(C(N)=NO)CCC1)NS(C)(=O)=O. The second kappa shape index (κ2) is 5.57. The lowest BCUT2D eigenvalue weighted by Crippen LogP contribution is -2.58. The van der Waals surface area contributed by atoms with Crippen molar-refractivity contribution in [3.05, 3.63) is 0 Å². The number of amidine groups is 1. The lowest BCUT2D eigenvalue weighted by atomic mass is 9.67. The minimum Gasteiger partial charge on any atom is -0.409 e. The lowest BCUT2D eigenvalue weighted by molar-refractivity contribution is -0.131. The third kappa shape index (κ3) is 3.83. The maximum Gasteiger partial charge on any atom is 0.234 e. The molecule has 116 valence electrons. The van der Waals surface area contributed by atoms with Gasteiger partial charge in [0.25, 0.3) is 0 Å². The Bertz CT molecular complexity index is 509. The molecule has 1 fully saturated rings. The van der Waals surface area contributed by atoms with Crippen molar-refractivity contribution in [2.24, 2.45) is 16.3 Å². The number of hydrogen-bond acceptors (Lipinski definition) is 5. The number of rotatable bonds is 6. The molecule has 0 radical (unpaired) electrons. The highest BCUT2D eigenvalue weighted by Gasteiger charge is 2.48. The molecule has 0 unspecified atom stereocenters. The average Bonchev–Trinajstić information content (AvgIpc) is 2.21. The van der Waals surface area contributed by atoms with Crippen LogP contribution in [0.2, 0.25) is 0 Å². The fraction of sp³-hybridized carbons (Fsp3) is 0.818. The summed E-state index contributed by atoms with van der Waals surface area (Å²) in [5.74, 6) is -0.447. The van der Waals surface area contributed by atoms with Crippen molar-refractivity contribution >= 4 is 21.8 Å². The zero-order chi connectivity index (χ0) is 15.6. The molecule has 5 N–H and O–H groups in total. The number of carbonyl (C=O) groups excluding carboxylic acids is 1. The molecule has 1 amide bonds. The van der Waals surface area contributed by atoms with E-state index in [9.17, 15) is 13.2 Å². The van der Waals surface area contributed by atoms with E-state index in [4.69, 9.17) is 10.9 Å². The van der Waals surface area contributed by atoms with Gasteiger partial charge < -0.3 is 16.3 Å². The van der Waals surface area contributed by atoms with Crippen molar-refractivity contribution in [3.63, 3.8) is 0 Å². The molecule has 20 heavy (non-hydrogen) atoms. The Morgan fingerprint density at radius 1 is 1.45 bits per heavy atom. The van der Waals surface area contributed by atoms with Gasteiger partial charge >= 0.3 is 0 Å². The van der Waals surface area contributed by atoms with Gasteiger partial charge in [-0.25, -0.2) is 13.1 Å². The van der Waals surface area contributed by atoms with E-state index >= 15 is 0 Å². The first kappa shape index (κ1) is 16.7. The first-order valence-corrected chi connectivity index (χ1v) is 8.17. The van der Waals surface area contributed by atoms with Gasteiger partial charge in [-0.15, -0.1) is 0 Å². The van der Waals surface area contributed by atoms with Gasteiger partial charge in [0.15, 0.2) is 5.84 Å². The molecule has 0 spiro atoms. The van der Waals surface area contributed by atoms with E-state index in [1.807, 2.05) is 0 Å². The Kier molecular flexibility index (Phi) is 4.65. The Hall–Kier alpha value is -1.35. The van der Waals surface area contributed by atoms with Gasteiger partial charge in [0.05, 0.1) is 6.26 Å². The normalized spacial score (nSPS) is 19.2. The Balaban J connectivity index is 2.68. The lowest BCUT2D eigenvalue weighted by Gasteiger charge is -2.39. The fourth-order valence-electron chi connectivity index (χ4n) is 2.23. The number of nitrogens with one attached hydrogen (secondary N) is 2. The minimum atomic E-state index is -3.37. The predicted molar refractivity (Wildman–Crippen MR) is 74.8 cm³/mol. The van der Waals surface area contributed by atoms with Crippen molar-refractivity contribution in [1.29, 1.82) is 0 Å². The summed E-state index contributed by atoms with van der Waals surface area (Å²) in [4.78, 5) is 12.2. The molecule has 0 aromatic heterocycles.